The highest BCUT2D eigenvalue weighted by Crippen LogP contribution is 2.31. The quantitative estimate of drug-likeness (QED) is 0.880. The molecule has 0 bridgehead atoms. The van der Waals surface area contributed by atoms with E-state index in [0.717, 1.165) is 35.8 Å². The molecular formula is C15H17BrN2O2. The van der Waals surface area contributed by atoms with Crippen LogP contribution in [-0.2, 0) is 4.79 Å². The van der Waals surface area contributed by atoms with Crippen LogP contribution in [0.4, 0.5) is 5.69 Å². The van der Waals surface area contributed by atoms with Gasteiger partial charge in [-0.2, -0.15) is 5.26 Å². The van der Waals surface area contributed by atoms with Gasteiger partial charge >= 0.3 is 5.97 Å². The minimum Gasteiger partial charge on any atom is -0.481 e. The summed E-state index contributed by atoms with van der Waals surface area (Å²) in [4.78, 5) is 11.3. The molecule has 1 fully saturated rings. The third-order valence-corrected chi connectivity index (χ3v) is 4.38. The van der Waals surface area contributed by atoms with E-state index in [1.807, 2.05) is 12.1 Å². The summed E-state index contributed by atoms with van der Waals surface area (Å²) >= 11 is 3.34. The van der Waals surface area contributed by atoms with Gasteiger partial charge < -0.3 is 10.4 Å². The first-order chi connectivity index (χ1) is 9.61. The molecule has 0 saturated heterocycles. The fourth-order valence-corrected chi connectivity index (χ4v) is 3.14. The monoisotopic (exact) mass is 336 g/mol. The molecule has 0 aliphatic heterocycles. The van der Waals surface area contributed by atoms with Gasteiger partial charge in [-0.3, -0.25) is 4.79 Å². The van der Waals surface area contributed by atoms with Crippen LogP contribution < -0.4 is 5.32 Å². The van der Waals surface area contributed by atoms with Gasteiger partial charge in [0.25, 0.3) is 0 Å². The lowest BCUT2D eigenvalue weighted by Gasteiger charge is -2.29. The topological polar surface area (TPSA) is 73.1 Å². The molecule has 1 aromatic rings. The van der Waals surface area contributed by atoms with Gasteiger partial charge in [-0.1, -0.05) is 28.8 Å². The average Bonchev–Trinajstić information content (AvgIpc) is 2.46. The normalized spacial score (nSPS) is 22.0. The van der Waals surface area contributed by atoms with E-state index in [1.165, 1.54) is 0 Å². The molecule has 1 aliphatic rings. The molecule has 1 aromatic carbocycles. The van der Waals surface area contributed by atoms with Crippen LogP contribution in [0.15, 0.2) is 22.7 Å². The second-order valence-corrected chi connectivity index (χ2v) is 6.09. The van der Waals surface area contributed by atoms with Gasteiger partial charge in [0, 0.05) is 11.0 Å². The Labute approximate surface area is 126 Å². The predicted molar refractivity (Wildman–Crippen MR) is 80.4 cm³/mol. The highest BCUT2D eigenvalue weighted by molar-refractivity contribution is 9.10. The van der Waals surface area contributed by atoms with E-state index >= 15 is 0 Å². The van der Waals surface area contributed by atoms with Gasteiger partial charge in [0.2, 0.25) is 0 Å². The number of carbonyl (C=O) groups is 1. The highest BCUT2D eigenvalue weighted by Gasteiger charge is 2.30. The van der Waals surface area contributed by atoms with Crippen LogP contribution in [0.2, 0.25) is 0 Å². The Morgan fingerprint density at radius 1 is 1.45 bits per heavy atom. The molecule has 2 N–H and O–H groups in total. The number of halogens is 1. The largest absolute Gasteiger partial charge is 0.481 e. The second kappa shape index (κ2) is 6.76. The van der Waals surface area contributed by atoms with E-state index < -0.39 is 5.97 Å². The van der Waals surface area contributed by atoms with Crippen molar-refractivity contribution in [3.05, 3.63) is 28.2 Å². The third kappa shape index (κ3) is 3.51. The van der Waals surface area contributed by atoms with Crippen molar-refractivity contribution >= 4 is 27.6 Å². The lowest BCUT2D eigenvalue weighted by atomic mass is 9.79. The van der Waals surface area contributed by atoms with Crippen molar-refractivity contribution in [2.45, 2.75) is 25.7 Å². The van der Waals surface area contributed by atoms with Crippen molar-refractivity contribution in [3.8, 4) is 6.07 Å². The number of anilines is 1. The molecular weight excluding hydrogens is 320 g/mol. The number of hydrogen-bond donors (Lipinski definition) is 2. The summed E-state index contributed by atoms with van der Waals surface area (Å²) in [6.45, 7) is 0.604. The van der Waals surface area contributed by atoms with E-state index in [-0.39, 0.29) is 11.8 Å². The summed E-state index contributed by atoms with van der Waals surface area (Å²) in [6, 6.07) is 7.63. The third-order valence-electron chi connectivity index (χ3n) is 3.88. The standard InChI is InChI=1S/C15H17BrN2O2/c16-12-5-6-14(11(7-12)8-17)18-9-10-3-1-2-4-13(10)15(19)20/h5-7,10,13,18H,1-4,9H2,(H,19,20). The van der Waals surface area contributed by atoms with Crippen LogP contribution in [-0.4, -0.2) is 17.6 Å². The molecule has 0 aromatic heterocycles. The zero-order valence-corrected chi connectivity index (χ0v) is 12.7. The zero-order valence-electron chi connectivity index (χ0n) is 11.1. The fourth-order valence-electron chi connectivity index (χ4n) is 2.78. The Balaban J connectivity index is 2.04. The molecule has 0 radical (unpaired) electrons. The van der Waals surface area contributed by atoms with E-state index in [9.17, 15) is 9.90 Å². The van der Waals surface area contributed by atoms with E-state index in [0.29, 0.717) is 12.1 Å². The number of carboxylic acid groups (broad SMARTS) is 1. The Hall–Kier alpha value is -1.54. The van der Waals surface area contributed by atoms with Crippen LogP contribution >= 0.6 is 15.9 Å². The van der Waals surface area contributed by atoms with E-state index in [2.05, 4.69) is 27.3 Å². The van der Waals surface area contributed by atoms with Crippen LogP contribution in [0.1, 0.15) is 31.2 Å². The number of rotatable bonds is 4. The Morgan fingerprint density at radius 2 is 2.20 bits per heavy atom. The number of hydrogen-bond acceptors (Lipinski definition) is 3. The summed E-state index contributed by atoms with van der Waals surface area (Å²) < 4.78 is 0.862. The highest BCUT2D eigenvalue weighted by atomic mass is 79.9. The molecule has 2 atom stereocenters. The molecule has 5 heteroatoms. The average molecular weight is 337 g/mol. The maximum absolute atomic E-state index is 11.3. The Bertz CT molecular complexity index is 539. The molecule has 4 nitrogen and oxygen atoms in total. The number of nitrogens with one attached hydrogen (secondary N) is 1. The van der Waals surface area contributed by atoms with Crippen molar-refractivity contribution < 1.29 is 9.90 Å². The predicted octanol–water partition coefficient (Wildman–Crippen LogP) is 3.62. The number of carboxylic acids is 1. The molecule has 1 saturated carbocycles. The molecule has 0 heterocycles. The van der Waals surface area contributed by atoms with E-state index in [1.54, 1.807) is 6.07 Å². The van der Waals surface area contributed by atoms with Crippen LogP contribution in [0, 0.1) is 23.2 Å². The minimum absolute atomic E-state index is 0.136. The maximum Gasteiger partial charge on any atom is 0.306 e. The fraction of sp³-hybridized carbons (Fsp3) is 0.467. The molecule has 20 heavy (non-hydrogen) atoms. The van der Waals surface area contributed by atoms with E-state index in [4.69, 9.17) is 5.26 Å². The molecule has 2 unspecified atom stereocenters. The van der Waals surface area contributed by atoms with Crippen molar-refractivity contribution in [3.63, 3.8) is 0 Å². The lowest BCUT2D eigenvalue weighted by Crippen LogP contribution is -2.31. The summed E-state index contributed by atoms with van der Waals surface area (Å²) in [5.74, 6) is -0.832. The second-order valence-electron chi connectivity index (χ2n) is 5.17. The molecule has 0 spiro atoms. The molecule has 1 aliphatic carbocycles. The zero-order chi connectivity index (χ0) is 14.5. The van der Waals surface area contributed by atoms with Crippen LogP contribution in [0.25, 0.3) is 0 Å². The smallest absolute Gasteiger partial charge is 0.306 e. The first-order valence-corrected chi connectivity index (χ1v) is 7.57. The van der Waals surface area contributed by atoms with Gasteiger partial charge in [-0.25, -0.2) is 0 Å². The van der Waals surface area contributed by atoms with Gasteiger partial charge in [-0.05, 0) is 37.0 Å². The Kier molecular flexibility index (Phi) is 5.02. The first kappa shape index (κ1) is 14.9. The Morgan fingerprint density at radius 3 is 2.90 bits per heavy atom. The van der Waals surface area contributed by atoms with Crippen LogP contribution in [0.3, 0.4) is 0 Å². The summed E-state index contributed by atoms with van der Waals surface area (Å²) in [5.41, 5.74) is 1.34. The number of nitrogens with zero attached hydrogens (tertiary/aromatic N) is 1. The maximum atomic E-state index is 11.3. The van der Waals surface area contributed by atoms with Crippen molar-refractivity contribution in [1.29, 1.82) is 5.26 Å². The van der Waals surface area contributed by atoms with Crippen LogP contribution in [0.5, 0.6) is 0 Å². The van der Waals surface area contributed by atoms with Crippen molar-refractivity contribution in [2.75, 3.05) is 11.9 Å². The minimum atomic E-state index is -0.701. The van der Waals surface area contributed by atoms with Gasteiger partial charge in [-0.15, -0.1) is 0 Å². The van der Waals surface area contributed by atoms with Crippen molar-refractivity contribution in [1.82, 2.24) is 0 Å². The van der Waals surface area contributed by atoms with Gasteiger partial charge in [0.05, 0.1) is 17.2 Å². The summed E-state index contributed by atoms with van der Waals surface area (Å²) in [5, 5.41) is 21.6. The number of aliphatic carboxylic acids is 1. The summed E-state index contributed by atoms with van der Waals surface area (Å²) in [7, 11) is 0. The SMILES string of the molecule is N#Cc1cc(Br)ccc1NCC1CCCCC1C(=O)O. The van der Waals surface area contributed by atoms with Gasteiger partial charge in [0.1, 0.15) is 6.07 Å². The number of benzene rings is 1. The molecule has 106 valence electrons. The lowest BCUT2D eigenvalue weighted by molar-refractivity contribution is -0.144. The first-order valence-electron chi connectivity index (χ1n) is 6.78. The number of nitriles is 1. The van der Waals surface area contributed by atoms with Crippen molar-refractivity contribution in [2.24, 2.45) is 11.8 Å². The molecule has 0 amide bonds. The summed E-state index contributed by atoms with van der Waals surface area (Å²) in [6.07, 6.45) is 3.77. The van der Waals surface area contributed by atoms with Gasteiger partial charge in [0.15, 0.2) is 0 Å². The molecule has 2 rings (SSSR count).